The van der Waals surface area contributed by atoms with Crippen LogP contribution < -0.4 is 11.1 Å². The number of nitrogens with two attached hydrogens (primary N) is 1. The van der Waals surface area contributed by atoms with Gasteiger partial charge in [-0.2, -0.15) is 0 Å². The number of amidine groups is 1. The highest BCUT2D eigenvalue weighted by atomic mass is 16.5. The summed E-state index contributed by atoms with van der Waals surface area (Å²) in [5.41, 5.74) is 4.86. The number of hydrogen-bond acceptors (Lipinski definition) is 4. The summed E-state index contributed by atoms with van der Waals surface area (Å²) in [5, 5.41) is 15.1. The number of carbonyl (C=O) groups is 1. The number of amides is 1. The molecule has 1 fully saturated rings. The number of hydrogen-bond donors (Lipinski definition) is 3. The molecule has 4 N–H and O–H groups in total. The molecule has 0 aromatic carbocycles. The SMILES string of the molecule is CCCCCCC(C)NC(=O)C1(C(N)=NO)CCOCC1. The number of unbranched alkanes of at least 4 members (excludes halogenated alkanes) is 3. The summed E-state index contributed by atoms with van der Waals surface area (Å²) in [6.45, 7) is 5.09. The molecule has 1 amide bonds. The quantitative estimate of drug-likeness (QED) is 0.210. The van der Waals surface area contributed by atoms with E-state index in [0.29, 0.717) is 26.1 Å². The molecule has 122 valence electrons. The number of ether oxygens (including phenoxy) is 1. The minimum Gasteiger partial charge on any atom is -0.409 e. The first-order valence-electron chi connectivity index (χ1n) is 7.93. The van der Waals surface area contributed by atoms with Crippen LogP contribution >= 0.6 is 0 Å². The van der Waals surface area contributed by atoms with Gasteiger partial charge in [0.15, 0.2) is 5.84 Å². The Balaban J connectivity index is 2.57. The van der Waals surface area contributed by atoms with Gasteiger partial charge in [-0.05, 0) is 26.2 Å². The van der Waals surface area contributed by atoms with Crippen molar-refractivity contribution < 1.29 is 14.7 Å². The van der Waals surface area contributed by atoms with Crippen LogP contribution in [-0.4, -0.2) is 36.2 Å². The topological polar surface area (TPSA) is 96.9 Å². The molecule has 0 aliphatic carbocycles. The molecule has 1 aliphatic rings. The second-order valence-electron chi connectivity index (χ2n) is 5.90. The lowest BCUT2D eigenvalue weighted by molar-refractivity contribution is -0.132. The maximum atomic E-state index is 12.6. The number of nitrogens with zero attached hydrogens (tertiary/aromatic N) is 1. The van der Waals surface area contributed by atoms with Crippen LogP contribution in [0.2, 0.25) is 0 Å². The van der Waals surface area contributed by atoms with E-state index in [-0.39, 0.29) is 17.8 Å². The fraction of sp³-hybridized carbons (Fsp3) is 0.867. The highest BCUT2D eigenvalue weighted by molar-refractivity contribution is 6.06. The molecule has 0 spiro atoms. The molecule has 6 heteroatoms. The molecule has 0 saturated carbocycles. The number of carbonyl (C=O) groups excluding carboxylic acids is 1. The molecule has 6 nitrogen and oxygen atoms in total. The van der Waals surface area contributed by atoms with Crippen LogP contribution in [0, 0.1) is 5.41 Å². The predicted molar refractivity (Wildman–Crippen MR) is 82.3 cm³/mol. The first-order chi connectivity index (χ1) is 10.1. The molecule has 1 rings (SSSR count). The largest absolute Gasteiger partial charge is 0.409 e. The Labute approximate surface area is 127 Å². The lowest BCUT2D eigenvalue weighted by Gasteiger charge is -2.35. The third-order valence-electron chi connectivity index (χ3n) is 4.25. The predicted octanol–water partition coefficient (Wildman–Crippen LogP) is 2.00. The Morgan fingerprint density at radius 1 is 1.38 bits per heavy atom. The molecular weight excluding hydrogens is 270 g/mol. The maximum Gasteiger partial charge on any atom is 0.234 e. The third-order valence-corrected chi connectivity index (χ3v) is 4.25. The van der Waals surface area contributed by atoms with E-state index in [1.807, 2.05) is 6.92 Å². The monoisotopic (exact) mass is 299 g/mol. The Bertz CT molecular complexity index is 352. The van der Waals surface area contributed by atoms with Gasteiger partial charge >= 0.3 is 0 Å². The fourth-order valence-electron chi connectivity index (χ4n) is 2.73. The van der Waals surface area contributed by atoms with Crippen LogP contribution in [0.4, 0.5) is 0 Å². The van der Waals surface area contributed by atoms with Gasteiger partial charge in [-0.3, -0.25) is 4.79 Å². The fourth-order valence-corrected chi connectivity index (χ4v) is 2.73. The van der Waals surface area contributed by atoms with E-state index in [4.69, 9.17) is 15.7 Å². The van der Waals surface area contributed by atoms with Crippen LogP contribution in [0.25, 0.3) is 0 Å². The summed E-state index contributed by atoms with van der Waals surface area (Å²) in [6, 6.07) is 0.0977. The average Bonchev–Trinajstić information content (AvgIpc) is 2.51. The van der Waals surface area contributed by atoms with Gasteiger partial charge in [-0.25, -0.2) is 0 Å². The molecule has 0 bridgehead atoms. The molecule has 0 aromatic heterocycles. The van der Waals surface area contributed by atoms with Crippen molar-refractivity contribution in [2.45, 2.75) is 64.8 Å². The number of oxime groups is 1. The summed E-state index contributed by atoms with van der Waals surface area (Å²) in [6.07, 6.45) is 6.59. The second kappa shape index (κ2) is 8.87. The normalized spacial score (nSPS) is 20.0. The zero-order valence-electron chi connectivity index (χ0n) is 13.2. The van der Waals surface area contributed by atoms with Gasteiger partial charge in [-0.1, -0.05) is 37.8 Å². The van der Waals surface area contributed by atoms with Crippen LogP contribution in [-0.2, 0) is 9.53 Å². The minimum atomic E-state index is -0.926. The molecule has 1 aliphatic heterocycles. The van der Waals surface area contributed by atoms with Gasteiger partial charge in [0.05, 0.1) is 0 Å². The van der Waals surface area contributed by atoms with Gasteiger partial charge in [0, 0.05) is 19.3 Å². The summed E-state index contributed by atoms with van der Waals surface area (Å²) >= 11 is 0. The number of rotatable bonds is 8. The molecular formula is C15H29N3O3. The summed E-state index contributed by atoms with van der Waals surface area (Å²) in [4.78, 5) is 12.6. The summed E-state index contributed by atoms with van der Waals surface area (Å²) in [5.74, 6) is -0.162. The van der Waals surface area contributed by atoms with E-state index in [1.54, 1.807) is 0 Å². The lowest BCUT2D eigenvalue weighted by Crippen LogP contribution is -2.54. The molecule has 1 heterocycles. The van der Waals surface area contributed by atoms with Crippen molar-refractivity contribution in [1.29, 1.82) is 0 Å². The highest BCUT2D eigenvalue weighted by Gasteiger charge is 2.44. The van der Waals surface area contributed by atoms with Crippen molar-refractivity contribution in [1.82, 2.24) is 5.32 Å². The van der Waals surface area contributed by atoms with E-state index < -0.39 is 5.41 Å². The second-order valence-corrected chi connectivity index (χ2v) is 5.90. The van der Waals surface area contributed by atoms with Gasteiger partial charge < -0.3 is 21.0 Å². The van der Waals surface area contributed by atoms with Crippen LogP contribution in [0.3, 0.4) is 0 Å². The molecule has 0 radical (unpaired) electrons. The van der Waals surface area contributed by atoms with Crippen LogP contribution in [0.1, 0.15) is 58.8 Å². The van der Waals surface area contributed by atoms with Crippen molar-refractivity contribution in [2.24, 2.45) is 16.3 Å². The highest BCUT2D eigenvalue weighted by Crippen LogP contribution is 2.31. The summed E-state index contributed by atoms with van der Waals surface area (Å²) < 4.78 is 5.29. The molecule has 0 aromatic rings. The zero-order chi connectivity index (χ0) is 15.7. The Morgan fingerprint density at radius 2 is 2.05 bits per heavy atom. The van der Waals surface area contributed by atoms with Crippen molar-refractivity contribution in [3.63, 3.8) is 0 Å². The van der Waals surface area contributed by atoms with Crippen LogP contribution in [0.15, 0.2) is 5.16 Å². The molecule has 21 heavy (non-hydrogen) atoms. The Morgan fingerprint density at radius 3 is 2.62 bits per heavy atom. The van der Waals surface area contributed by atoms with E-state index in [1.165, 1.54) is 19.3 Å². The van der Waals surface area contributed by atoms with Crippen molar-refractivity contribution in [3.05, 3.63) is 0 Å². The van der Waals surface area contributed by atoms with Crippen molar-refractivity contribution >= 4 is 11.7 Å². The molecule has 1 atom stereocenters. The molecule has 1 saturated heterocycles. The van der Waals surface area contributed by atoms with E-state index >= 15 is 0 Å². The summed E-state index contributed by atoms with van der Waals surface area (Å²) in [7, 11) is 0. The van der Waals surface area contributed by atoms with E-state index in [9.17, 15) is 4.79 Å². The zero-order valence-corrected chi connectivity index (χ0v) is 13.2. The van der Waals surface area contributed by atoms with Crippen molar-refractivity contribution in [3.8, 4) is 0 Å². The van der Waals surface area contributed by atoms with Gasteiger partial charge in [0.1, 0.15) is 5.41 Å². The van der Waals surface area contributed by atoms with Crippen molar-refractivity contribution in [2.75, 3.05) is 13.2 Å². The Kier molecular flexibility index (Phi) is 7.50. The smallest absolute Gasteiger partial charge is 0.234 e. The van der Waals surface area contributed by atoms with E-state index in [2.05, 4.69) is 17.4 Å². The third kappa shape index (κ3) is 4.88. The standard InChI is InChI=1S/C15H29N3O3/c1-3-4-5-6-7-12(2)17-14(19)15(13(16)18-20)8-10-21-11-9-15/h12,20H,3-11H2,1-2H3,(H2,16,18)(H,17,19). The van der Waals surface area contributed by atoms with Gasteiger partial charge in [0.2, 0.25) is 5.91 Å². The number of nitrogens with one attached hydrogen (secondary N) is 1. The first-order valence-corrected chi connectivity index (χ1v) is 7.93. The maximum absolute atomic E-state index is 12.6. The average molecular weight is 299 g/mol. The first kappa shape index (κ1) is 17.8. The van der Waals surface area contributed by atoms with E-state index in [0.717, 1.165) is 12.8 Å². The van der Waals surface area contributed by atoms with Crippen LogP contribution in [0.5, 0.6) is 0 Å². The van der Waals surface area contributed by atoms with Gasteiger partial charge in [-0.15, -0.1) is 0 Å². The minimum absolute atomic E-state index is 0.0125. The molecule has 1 unspecified atom stereocenters. The lowest BCUT2D eigenvalue weighted by atomic mass is 9.78. The van der Waals surface area contributed by atoms with Gasteiger partial charge in [0.25, 0.3) is 0 Å². The Hall–Kier alpha value is -1.30.